The lowest BCUT2D eigenvalue weighted by molar-refractivity contribution is -0.384. The summed E-state index contributed by atoms with van der Waals surface area (Å²) in [5.41, 5.74) is 0.563. The fraction of sp³-hybridized carbons (Fsp3) is 0.444. The van der Waals surface area contributed by atoms with E-state index in [0.29, 0.717) is 6.54 Å². The molecule has 7 nitrogen and oxygen atoms in total. The Balaban J connectivity index is 2.05. The van der Waals surface area contributed by atoms with Crippen LogP contribution in [0.1, 0.15) is 49.4 Å². The molecule has 2 rings (SSSR count). The number of rotatable bonds is 7. The molecule has 140 valence electrons. The van der Waals surface area contributed by atoms with Crippen molar-refractivity contribution >= 4 is 29.2 Å². The molecule has 1 aliphatic rings. The van der Waals surface area contributed by atoms with Gasteiger partial charge in [-0.25, -0.2) is 4.79 Å². The molecule has 0 spiro atoms. The molecule has 8 heteroatoms. The standard InChI is InChI=1S/C18H21ClN2O5/c1-2-10-20(13-6-4-3-5-7-13)17(22)12-26-18(23)15-11-14(21(24)25)8-9-16(15)19/h6,8-9,11H,2-5,7,10,12H2,1H3. The van der Waals surface area contributed by atoms with Gasteiger partial charge in [0.15, 0.2) is 6.61 Å². The topological polar surface area (TPSA) is 89.8 Å². The van der Waals surface area contributed by atoms with Gasteiger partial charge in [-0.15, -0.1) is 0 Å². The minimum atomic E-state index is -0.860. The number of nitro groups is 1. The largest absolute Gasteiger partial charge is 0.452 e. The maximum atomic E-state index is 12.5. The van der Waals surface area contributed by atoms with E-state index >= 15 is 0 Å². The lowest BCUT2D eigenvalue weighted by Gasteiger charge is -2.27. The van der Waals surface area contributed by atoms with Crippen molar-refractivity contribution in [2.45, 2.75) is 39.0 Å². The summed E-state index contributed by atoms with van der Waals surface area (Å²) in [6, 6.07) is 3.50. The van der Waals surface area contributed by atoms with E-state index in [1.54, 1.807) is 4.90 Å². The average Bonchev–Trinajstić information content (AvgIpc) is 2.64. The number of ether oxygens (including phenoxy) is 1. The fourth-order valence-electron chi connectivity index (χ4n) is 2.78. The van der Waals surface area contributed by atoms with Crippen LogP contribution in [0.2, 0.25) is 5.02 Å². The summed E-state index contributed by atoms with van der Waals surface area (Å²) in [6.07, 6.45) is 6.74. The van der Waals surface area contributed by atoms with E-state index in [9.17, 15) is 19.7 Å². The van der Waals surface area contributed by atoms with E-state index in [-0.39, 0.29) is 22.2 Å². The molecule has 1 amide bonds. The number of non-ortho nitro benzene ring substituents is 1. The van der Waals surface area contributed by atoms with Gasteiger partial charge in [-0.3, -0.25) is 14.9 Å². The first kappa shape index (κ1) is 19.9. The molecule has 1 aliphatic carbocycles. The number of benzene rings is 1. The molecular weight excluding hydrogens is 360 g/mol. The number of allylic oxidation sites excluding steroid dienone is 2. The minimum absolute atomic E-state index is 0.0356. The van der Waals surface area contributed by atoms with Crippen LogP contribution in [0.4, 0.5) is 5.69 Å². The third-order valence-electron chi connectivity index (χ3n) is 4.07. The molecule has 26 heavy (non-hydrogen) atoms. The number of esters is 1. The molecule has 1 aromatic carbocycles. The van der Waals surface area contributed by atoms with E-state index in [1.807, 2.05) is 6.92 Å². The van der Waals surface area contributed by atoms with Gasteiger partial charge >= 0.3 is 5.97 Å². The van der Waals surface area contributed by atoms with Crippen molar-refractivity contribution in [3.63, 3.8) is 0 Å². The van der Waals surface area contributed by atoms with Crippen molar-refractivity contribution in [3.8, 4) is 0 Å². The highest BCUT2D eigenvalue weighted by Gasteiger charge is 2.22. The van der Waals surface area contributed by atoms with Gasteiger partial charge in [-0.05, 0) is 38.2 Å². The van der Waals surface area contributed by atoms with Gasteiger partial charge < -0.3 is 9.64 Å². The van der Waals surface area contributed by atoms with Crippen molar-refractivity contribution in [1.29, 1.82) is 0 Å². The Morgan fingerprint density at radius 3 is 2.73 bits per heavy atom. The van der Waals surface area contributed by atoms with Gasteiger partial charge in [-0.1, -0.05) is 24.6 Å². The molecule has 0 heterocycles. The molecule has 0 atom stereocenters. The second kappa shape index (κ2) is 9.33. The molecule has 0 radical (unpaired) electrons. The minimum Gasteiger partial charge on any atom is -0.452 e. The number of hydrogen-bond acceptors (Lipinski definition) is 5. The predicted octanol–water partition coefficient (Wildman–Crippen LogP) is 4.10. The molecule has 0 aliphatic heterocycles. The Morgan fingerprint density at radius 1 is 1.35 bits per heavy atom. The highest BCUT2D eigenvalue weighted by Crippen LogP contribution is 2.24. The van der Waals surface area contributed by atoms with Gasteiger partial charge in [0.05, 0.1) is 15.5 Å². The summed E-state index contributed by atoms with van der Waals surface area (Å²) in [5.74, 6) is -1.17. The van der Waals surface area contributed by atoms with Crippen LogP contribution in [-0.4, -0.2) is 34.9 Å². The average molecular weight is 381 g/mol. The van der Waals surface area contributed by atoms with Crippen molar-refractivity contribution in [2.24, 2.45) is 0 Å². The van der Waals surface area contributed by atoms with E-state index < -0.39 is 17.5 Å². The lowest BCUT2D eigenvalue weighted by Crippen LogP contribution is -2.35. The van der Waals surface area contributed by atoms with Gasteiger partial charge in [0, 0.05) is 24.4 Å². The number of nitro benzene ring substituents is 1. The summed E-state index contributed by atoms with van der Waals surface area (Å²) < 4.78 is 5.06. The molecule has 0 saturated carbocycles. The van der Waals surface area contributed by atoms with Gasteiger partial charge in [0.2, 0.25) is 0 Å². The number of nitrogens with zero attached hydrogens (tertiary/aromatic N) is 2. The highest BCUT2D eigenvalue weighted by molar-refractivity contribution is 6.33. The summed E-state index contributed by atoms with van der Waals surface area (Å²) in [5, 5.41) is 10.9. The molecule has 1 aromatic rings. The maximum Gasteiger partial charge on any atom is 0.340 e. The smallest absolute Gasteiger partial charge is 0.340 e. The highest BCUT2D eigenvalue weighted by atomic mass is 35.5. The van der Waals surface area contributed by atoms with Crippen LogP contribution in [0.15, 0.2) is 30.0 Å². The second-order valence-electron chi connectivity index (χ2n) is 5.98. The fourth-order valence-corrected chi connectivity index (χ4v) is 2.98. The van der Waals surface area contributed by atoms with E-state index in [1.165, 1.54) is 12.1 Å². The molecule has 0 N–H and O–H groups in total. The number of halogens is 1. The first-order chi connectivity index (χ1) is 12.4. The van der Waals surface area contributed by atoms with Crippen LogP contribution in [-0.2, 0) is 9.53 Å². The van der Waals surface area contributed by atoms with Gasteiger partial charge in [0.25, 0.3) is 11.6 Å². The van der Waals surface area contributed by atoms with Crippen LogP contribution in [0, 0.1) is 10.1 Å². The molecular formula is C18H21ClN2O5. The predicted molar refractivity (Wildman–Crippen MR) is 96.9 cm³/mol. The number of hydrogen-bond donors (Lipinski definition) is 0. The number of carbonyl (C=O) groups is 2. The van der Waals surface area contributed by atoms with Gasteiger partial charge in [-0.2, -0.15) is 0 Å². The Labute approximate surface area is 156 Å². The SMILES string of the molecule is CCCN(C(=O)COC(=O)c1cc([N+](=O)[O-])ccc1Cl)C1=CCCCC1. The van der Waals surface area contributed by atoms with Crippen LogP contribution in [0.3, 0.4) is 0 Å². The van der Waals surface area contributed by atoms with Crippen molar-refractivity contribution in [3.05, 3.63) is 50.7 Å². The summed E-state index contributed by atoms with van der Waals surface area (Å²) in [4.78, 5) is 36.5. The van der Waals surface area contributed by atoms with Crippen LogP contribution < -0.4 is 0 Å². The monoisotopic (exact) mass is 380 g/mol. The molecule has 0 unspecified atom stereocenters. The zero-order chi connectivity index (χ0) is 19.1. The summed E-state index contributed by atoms with van der Waals surface area (Å²) in [7, 11) is 0. The molecule has 0 aromatic heterocycles. The molecule has 0 saturated heterocycles. The van der Waals surface area contributed by atoms with E-state index in [4.69, 9.17) is 16.3 Å². The van der Waals surface area contributed by atoms with Crippen molar-refractivity contribution in [2.75, 3.05) is 13.2 Å². The second-order valence-corrected chi connectivity index (χ2v) is 6.39. The van der Waals surface area contributed by atoms with Gasteiger partial charge in [0.1, 0.15) is 0 Å². The summed E-state index contributed by atoms with van der Waals surface area (Å²) >= 11 is 5.92. The van der Waals surface area contributed by atoms with Crippen LogP contribution >= 0.6 is 11.6 Å². The van der Waals surface area contributed by atoms with E-state index in [0.717, 1.165) is 43.9 Å². The van der Waals surface area contributed by atoms with Crippen molar-refractivity contribution < 1.29 is 19.2 Å². The lowest BCUT2D eigenvalue weighted by atomic mass is 10.0. The molecule has 0 bridgehead atoms. The molecule has 0 fully saturated rings. The number of amides is 1. The van der Waals surface area contributed by atoms with Crippen molar-refractivity contribution in [1.82, 2.24) is 4.90 Å². The Bertz CT molecular complexity index is 732. The quantitative estimate of drug-likeness (QED) is 0.403. The first-order valence-corrected chi connectivity index (χ1v) is 8.92. The Hall–Kier alpha value is -2.41. The zero-order valence-electron chi connectivity index (χ0n) is 14.6. The summed E-state index contributed by atoms with van der Waals surface area (Å²) in [6.45, 7) is 2.09. The van der Waals surface area contributed by atoms with Crippen LogP contribution in [0.5, 0.6) is 0 Å². The first-order valence-electron chi connectivity index (χ1n) is 8.54. The van der Waals surface area contributed by atoms with Crippen LogP contribution in [0.25, 0.3) is 0 Å². The maximum absolute atomic E-state index is 12.5. The zero-order valence-corrected chi connectivity index (χ0v) is 15.3. The third-order valence-corrected chi connectivity index (χ3v) is 4.40. The Kier molecular flexibility index (Phi) is 7.15. The van der Waals surface area contributed by atoms with E-state index in [2.05, 4.69) is 6.08 Å². The third kappa shape index (κ3) is 5.05. The Morgan fingerprint density at radius 2 is 2.12 bits per heavy atom. The number of carbonyl (C=O) groups excluding carboxylic acids is 2. The normalized spacial score (nSPS) is 13.7.